The smallest absolute Gasteiger partial charge is 0.338 e. The van der Waals surface area contributed by atoms with Crippen molar-refractivity contribution in [2.24, 2.45) is 0 Å². The van der Waals surface area contributed by atoms with Crippen LogP contribution in [0.3, 0.4) is 0 Å². The summed E-state index contributed by atoms with van der Waals surface area (Å²) in [6, 6.07) is 5.12. The fraction of sp³-hybridized carbons (Fsp3) is 0.333. The topological polar surface area (TPSA) is 43.4 Å². The number of ether oxygens (including phenoxy) is 1. The molecule has 0 fully saturated rings. The third-order valence-electron chi connectivity index (χ3n) is 2.05. The number of Topliss-reactive ketones (excluding diaryl/α,β-unsaturated/α-hetero) is 1. The Balaban J connectivity index is 3.17. The van der Waals surface area contributed by atoms with E-state index >= 15 is 0 Å². The summed E-state index contributed by atoms with van der Waals surface area (Å²) in [5.41, 5.74) is 1.72. The van der Waals surface area contributed by atoms with E-state index in [0.717, 1.165) is 5.56 Å². The summed E-state index contributed by atoms with van der Waals surface area (Å²) in [5, 5.41) is 0. The Labute approximate surface area is 89.1 Å². The maximum Gasteiger partial charge on any atom is 0.338 e. The molecule has 3 nitrogen and oxygen atoms in total. The fourth-order valence-corrected chi connectivity index (χ4v) is 1.34. The van der Waals surface area contributed by atoms with E-state index < -0.39 is 5.97 Å². The van der Waals surface area contributed by atoms with Gasteiger partial charge in [0.25, 0.3) is 0 Å². The van der Waals surface area contributed by atoms with Crippen LogP contribution in [0, 0.1) is 6.92 Å². The van der Waals surface area contributed by atoms with Gasteiger partial charge in [0, 0.05) is 5.56 Å². The van der Waals surface area contributed by atoms with Crippen molar-refractivity contribution in [3.63, 3.8) is 0 Å². The number of rotatable bonds is 3. The second-order valence-corrected chi connectivity index (χ2v) is 3.33. The molecular formula is C12H14O3. The van der Waals surface area contributed by atoms with Crippen molar-refractivity contribution in [2.45, 2.75) is 20.8 Å². The Morgan fingerprint density at radius 1 is 1.27 bits per heavy atom. The van der Waals surface area contributed by atoms with Crippen molar-refractivity contribution in [3.05, 3.63) is 34.9 Å². The molecular weight excluding hydrogens is 192 g/mol. The quantitative estimate of drug-likeness (QED) is 0.563. The van der Waals surface area contributed by atoms with E-state index in [-0.39, 0.29) is 5.78 Å². The normalized spacial score (nSPS) is 9.80. The molecule has 1 aromatic carbocycles. The Hall–Kier alpha value is -1.64. The zero-order valence-corrected chi connectivity index (χ0v) is 9.16. The van der Waals surface area contributed by atoms with E-state index in [1.807, 2.05) is 6.92 Å². The molecule has 0 saturated carbocycles. The van der Waals surface area contributed by atoms with Crippen LogP contribution in [0.2, 0.25) is 0 Å². The molecule has 0 aliphatic carbocycles. The first-order valence-electron chi connectivity index (χ1n) is 4.85. The van der Waals surface area contributed by atoms with Crippen molar-refractivity contribution in [1.29, 1.82) is 0 Å². The van der Waals surface area contributed by atoms with Gasteiger partial charge < -0.3 is 4.74 Å². The van der Waals surface area contributed by atoms with Crippen molar-refractivity contribution < 1.29 is 14.3 Å². The van der Waals surface area contributed by atoms with Gasteiger partial charge in [0.05, 0.1) is 12.2 Å². The first-order valence-corrected chi connectivity index (χ1v) is 4.85. The maximum atomic E-state index is 11.5. The molecule has 0 aromatic heterocycles. The largest absolute Gasteiger partial charge is 0.462 e. The van der Waals surface area contributed by atoms with Gasteiger partial charge in [-0.15, -0.1) is 0 Å². The summed E-state index contributed by atoms with van der Waals surface area (Å²) in [7, 11) is 0. The highest BCUT2D eigenvalue weighted by atomic mass is 16.5. The molecule has 80 valence electrons. The second-order valence-electron chi connectivity index (χ2n) is 3.33. The first kappa shape index (κ1) is 11.4. The number of aryl methyl sites for hydroxylation is 1. The van der Waals surface area contributed by atoms with Crippen LogP contribution >= 0.6 is 0 Å². The standard InChI is InChI=1S/C12H14O3/c1-4-15-12(14)10-6-5-8(2)7-11(10)9(3)13/h5-7H,4H2,1-3H3. The van der Waals surface area contributed by atoms with E-state index in [1.54, 1.807) is 25.1 Å². The molecule has 0 atom stereocenters. The molecule has 0 bridgehead atoms. The molecule has 3 heteroatoms. The molecule has 0 unspecified atom stereocenters. The van der Waals surface area contributed by atoms with Crippen LogP contribution in [0.15, 0.2) is 18.2 Å². The van der Waals surface area contributed by atoms with Crippen LogP contribution in [0.25, 0.3) is 0 Å². The van der Waals surface area contributed by atoms with Gasteiger partial charge >= 0.3 is 5.97 Å². The molecule has 0 heterocycles. The molecule has 0 N–H and O–H groups in total. The summed E-state index contributed by atoms with van der Waals surface area (Å²) < 4.78 is 4.87. The Morgan fingerprint density at radius 3 is 2.47 bits per heavy atom. The SMILES string of the molecule is CCOC(=O)c1ccc(C)cc1C(C)=O. The molecule has 1 aromatic rings. The molecule has 0 aliphatic rings. The van der Waals surface area contributed by atoms with Crippen molar-refractivity contribution in [2.75, 3.05) is 6.61 Å². The monoisotopic (exact) mass is 206 g/mol. The predicted molar refractivity (Wildman–Crippen MR) is 57.1 cm³/mol. The van der Waals surface area contributed by atoms with Gasteiger partial charge in [0.2, 0.25) is 0 Å². The van der Waals surface area contributed by atoms with Crippen LogP contribution < -0.4 is 0 Å². The third kappa shape index (κ3) is 2.65. The maximum absolute atomic E-state index is 11.5. The lowest BCUT2D eigenvalue weighted by Gasteiger charge is -2.06. The molecule has 15 heavy (non-hydrogen) atoms. The average Bonchev–Trinajstić information content (AvgIpc) is 2.17. The van der Waals surface area contributed by atoms with Gasteiger partial charge in [-0.1, -0.05) is 11.6 Å². The number of carbonyl (C=O) groups excluding carboxylic acids is 2. The van der Waals surface area contributed by atoms with Crippen molar-refractivity contribution >= 4 is 11.8 Å². The minimum atomic E-state index is -0.442. The lowest BCUT2D eigenvalue weighted by atomic mass is 10.0. The molecule has 1 rings (SSSR count). The Bertz CT molecular complexity index is 394. The second kappa shape index (κ2) is 4.73. The number of esters is 1. The fourth-order valence-electron chi connectivity index (χ4n) is 1.34. The Morgan fingerprint density at radius 2 is 1.93 bits per heavy atom. The number of carbonyl (C=O) groups is 2. The van der Waals surface area contributed by atoms with Crippen LogP contribution in [-0.2, 0) is 4.74 Å². The lowest BCUT2D eigenvalue weighted by Crippen LogP contribution is -2.10. The van der Waals surface area contributed by atoms with Gasteiger partial charge in [-0.2, -0.15) is 0 Å². The number of benzene rings is 1. The zero-order chi connectivity index (χ0) is 11.4. The van der Waals surface area contributed by atoms with Crippen LogP contribution in [0.1, 0.15) is 40.1 Å². The molecule has 0 radical (unpaired) electrons. The van der Waals surface area contributed by atoms with E-state index in [4.69, 9.17) is 4.74 Å². The van der Waals surface area contributed by atoms with E-state index in [2.05, 4.69) is 0 Å². The highest BCUT2D eigenvalue weighted by molar-refractivity contribution is 6.05. The highest BCUT2D eigenvalue weighted by Gasteiger charge is 2.15. The van der Waals surface area contributed by atoms with Gasteiger partial charge in [-0.05, 0) is 32.9 Å². The number of hydrogen-bond acceptors (Lipinski definition) is 3. The highest BCUT2D eigenvalue weighted by Crippen LogP contribution is 2.13. The molecule has 0 spiro atoms. The lowest BCUT2D eigenvalue weighted by molar-refractivity contribution is 0.0523. The van der Waals surface area contributed by atoms with E-state index in [0.29, 0.717) is 17.7 Å². The van der Waals surface area contributed by atoms with E-state index in [9.17, 15) is 9.59 Å². The molecule has 0 amide bonds. The first-order chi connectivity index (χ1) is 7.06. The predicted octanol–water partition coefficient (Wildman–Crippen LogP) is 2.37. The minimum Gasteiger partial charge on any atom is -0.462 e. The van der Waals surface area contributed by atoms with Gasteiger partial charge in [-0.25, -0.2) is 4.79 Å². The van der Waals surface area contributed by atoms with E-state index in [1.165, 1.54) is 6.92 Å². The number of hydrogen-bond donors (Lipinski definition) is 0. The van der Waals surface area contributed by atoms with Gasteiger partial charge in [0.1, 0.15) is 0 Å². The van der Waals surface area contributed by atoms with Crippen LogP contribution in [0.4, 0.5) is 0 Å². The van der Waals surface area contributed by atoms with Gasteiger partial charge in [-0.3, -0.25) is 4.79 Å². The summed E-state index contributed by atoms with van der Waals surface area (Å²) in [4.78, 5) is 22.8. The zero-order valence-electron chi connectivity index (χ0n) is 9.16. The Kier molecular flexibility index (Phi) is 3.61. The number of ketones is 1. The van der Waals surface area contributed by atoms with Crippen LogP contribution in [-0.4, -0.2) is 18.4 Å². The summed E-state index contributed by atoms with van der Waals surface area (Å²) in [6.07, 6.45) is 0. The average molecular weight is 206 g/mol. The molecule has 0 saturated heterocycles. The minimum absolute atomic E-state index is 0.123. The van der Waals surface area contributed by atoms with Crippen molar-refractivity contribution in [3.8, 4) is 0 Å². The third-order valence-corrected chi connectivity index (χ3v) is 2.05. The summed E-state index contributed by atoms with van der Waals surface area (Å²) >= 11 is 0. The van der Waals surface area contributed by atoms with Crippen molar-refractivity contribution in [1.82, 2.24) is 0 Å². The van der Waals surface area contributed by atoms with Gasteiger partial charge in [0.15, 0.2) is 5.78 Å². The summed E-state index contributed by atoms with van der Waals surface area (Å²) in [5.74, 6) is -0.565. The molecule has 0 aliphatic heterocycles. The summed E-state index contributed by atoms with van der Waals surface area (Å²) in [6.45, 7) is 5.36. The van der Waals surface area contributed by atoms with Crippen LogP contribution in [0.5, 0.6) is 0 Å².